The highest BCUT2D eigenvalue weighted by Gasteiger charge is 2.32. The van der Waals surface area contributed by atoms with E-state index in [9.17, 15) is 17.6 Å². The summed E-state index contributed by atoms with van der Waals surface area (Å²) < 4.78 is 46.6. The van der Waals surface area contributed by atoms with Crippen molar-refractivity contribution in [2.24, 2.45) is 5.92 Å². The summed E-state index contributed by atoms with van der Waals surface area (Å²) in [5.74, 6) is -0.402. The van der Waals surface area contributed by atoms with Crippen molar-refractivity contribution in [1.29, 1.82) is 0 Å². The van der Waals surface area contributed by atoms with Crippen LogP contribution in [0.25, 0.3) is 10.2 Å². The standard InChI is InChI=1S/C20H20FN3O4S2/c1-28-14-5-7-15(8-6-14)30(26,27)24-11-9-13(10-12-24)19(25)23-20-22-18-16(21)3-2-4-17(18)29-20/h2-8,13H,9-12H2,1H3,(H,22,23,25). The first kappa shape index (κ1) is 20.7. The summed E-state index contributed by atoms with van der Waals surface area (Å²) in [6.07, 6.45) is 0.806. The summed E-state index contributed by atoms with van der Waals surface area (Å²) in [6, 6.07) is 10.9. The molecule has 1 N–H and O–H groups in total. The molecule has 0 bridgehead atoms. The second-order valence-corrected chi connectivity index (χ2v) is 9.92. The minimum Gasteiger partial charge on any atom is -0.497 e. The van der Waals surface area contributed by atoms with Crippen LogP contribution in [0, 0.1) is 11.7 Å². The van der Waals surface area contributed by atoms with Gasteiger partial charge in [0.25, 0.3) is 0 Å². The first-order valence-electron chi connectivity index (χ1n) is 9.38. The van der Waals surface area contributed by atoms with Crippen molar-refractivity contribution in [2.45, 2.75) is 17.7 Å². The zero-order valence-electron chi connectivity index (χ0n) is 16.2. The molecule has 0 spiro atoms. The van der Waals surface area contributed by atoms with Gasteiger partial charge >= 0.3 is 0 Å². The third-order valence-electron chi connectivity index (χ3n) is 5.12. The van der Waals surface area contributed by atoms with Gasteiger partial charge in [-0.25, -0.2) is 17.8 Å². The maximum absolute atomic E-state index is 13.8. The molecule has 1 fully saturated rings. The van der Waals surface area contributed by atoms with E-state index >= 15 is 0 Å². The largest absolute Gasteiger partial charge is 0.497 e. The third-order valence-corrected chi connectivity index (χ3v) is 7.97. The van der Waals surface area contributed by atoms with Crippen molar-refractivity contribution in [2.75, 3.05) is 25.5 Å². The highest BCUT2D eigenvalue weighted by Crippen LogP contribution is 2.29. The number of carbonyl (C=O) groups is 1. The van der Waals surface area contributed by atoms with Gasteiger partial charge in [0.2, 0.25) is 15.9 Å². The fraction of sp³-hybridized carbons (Fsp3) is 0.300. The number of rotatable bonds is 5. The highest BCUT2D eigenvalue weighted by atomic mass is 32.2. The van der Waals surface area contributed by atoms with Crippen molar-refractivity contribution in [1.82, 2.24) is 9.29 Å². The number of para-hydroxylation sites is 1. The van der Waals surface area contributed by atoms with Gasteiger partial charge in [0.05, 0.1) is 16.7 Å². The average Bonchev–Trinajstić information content (AvgIpc) is 3.17. The summed E-state index contributed by atoms with van der Waals surface area (Å²) >= 11 is 1.21. The van der Waals surface area contributed by atoms with Crippen LogP contribution in [0.15, 0.2) is 47.4 Å². The number of halogens is 1. The van der Waals surface area contributed by atoms with Crippen LogP contribution in [0.1, 0.15) is 12.8 Å². The lowest BCUT2D eigenvalue weighted by molar-refractivity contribution is -0.120. The van der Waals surface area contributed by atoms with E-state index in [1.165, 1.54) is 41.0 Å². The Kier molecular flexibility index (Phi) is 5.72. The number of carbonyl (C=O) groups excluding carboxylic acids is 1. The van der Waals surface area contributed by atoms with Crippen LogP contribution in [0.2, 0.25) is 0 Å². The lowest BCUT2D eigenvalue weighted by Crippen LogP contribution is -2.41. The minimum absolute atomic E-state index is 0.197. The van der Waals surface area contributed by atoms with Gasteiger partial charge < -0.3 is 10.1 Å². The van der Waals surface area contributed by atoms with E-state index in [1.54, 1.807) is 24.3 Å². The fourth-order valence-electron chi connectivity index (χ4n) is 3.43. The first-order chi connectivity index (χ1) is 14.4. The Labute approximate surface area is 177 Å². The van der Waals surface area contributed by atoms with Gasteiger partial charge in [-0.2, -0.15) is 4.31 Å². The van der Waals surface area contributed by atoms with E-state index < -0.39 is 15.8 Å². The van der Waals surface area contributed by atoms with Gasteiger partial charge in [0.15, 0.2) is 5.13 Å². The van der Waals surface area contributed by atoms with Gasteiger partial charge in [-0.05, 0) is 49.2 Å². The van der Waals surface area contributed by atoms with Gasteiger partial charge in [0.1, 0.15) is 17.1 Å². The molecule has 0 unspecified atom stereocenters. The molecule has 158 valence electrons. The number of hydrogen-bond acceptors (Lipinski definition) is 6. The number of benzene rings is 2. The summed E-state index contributed by atoms with van der Waals surface area (Å²) in [7, 11) is -2.10. The van der Waals surface area contributed by atoms with Crippen molar-refractivity contribution in [3.05, 3.63) is 48.3 Å². The van der Waals surface area contributed by atoms with E-state index in [0.29, 0.717) is 28.4 Å². The average molecular weight is 450 g/mol. The third kappa shape index (κ3) is 4.03. The van der Waals surface area contributed by atoms with Gasteiger partial charge in [0, 0.05) is 19.0 Å². The molecule has 0 aliphatic carbocycles. The quantitative estimate of drug-likeness (QED) is 0.644. The summed E-state index contributed by atoms with van der Waals surface area (Å²) in [5, 5.41) is 3.09. The molecule has 1 amide bonds. The molecule has 30 heavy (non-hydrogen) atoms. The fourth-order valence-corrected chi connectivity index (χ4v) is 5.78. The maximum atomic E-state index is 13.8. The number of methoxy groups -OCH3 is 1. The lowest BCUT2D eigenvalue weighted by Gasteiger charge is -2.30. The Morgan fingerprint density at radius 2 is 1.90 bits per heavy atom. The molecule has 3 aromatic rings. The zero-order valence-corrected chi connectivity index (χ0v) is 17.8. The van der Waals surface area contributed by atoms with Crippen molar-refractivity contribution in [3.8, 4) is 5.75 Å². The predicted molar refractivity (Wildman–Crippen MR) is 113 cm³/mol. The van der Waals surface area contributed by atoms with Gasteiger partial charge in [-0.15, -0.1) is 0 Å². The number of anilines is 1. The van der Waals surface area contributed by atoms with Crippen molar-refractivity contribution < 1.29 is 22.3 Å². The highest BCUT2D eigenvalue weighted by molar-refractivity contribution is 7.89. The van der Waals surface area contributed by atoms with Crippen LogP contribution in [0.4, 0.5) is 9.52 Å². The van der Waals surface area contributed by atoms with Crippen LogP contribution in [0.3, 0.4) is 0 Å². The van der Waals surface area contributed by atoms with Crippen molar-refractivity contribution >= 4 is 42.6 Å². The van der Waals surface area contributed by atoms with E-state index in [-0.39, 0.29) is 35.3 Å². The van der Waals surface area contributed by atoms with Crippen LogP contribution in [-0.4, -0.2) is 43.8 Å². The number of sulfonamides is 1. The maximum Gasteiger partial charge on any atom is 0.243 e. The monoisotopic (exact) mass is 449 g/mol. The number of nitrogens with one attached hydrogen (secondary N) is 1. The topological polar surface area (TPSA) is 88.6 Å². The molecular formula is C20H20FN3O4S2. The Morgan fingerprint density at radius 3 is 2.53 bits per heavy atom. The van der Waals surface area contributed by atoms with E-state index in [4.69, 9.17) is 4.74 Å². The number of hydrogen-bond donors (Lipinski definition) is 1. The van der Waals surface area contributed by atoms with Crippen molar-refractivity contribution in [3.63, 3.8) is 0 Å². The van der Waals surface area contributed by atoms with Crippen LogP contribution >= 0.6 is 11.3 Å². The molecule has 2 heterocycles. The van der Waals surface area contributed by atoms with E-state index in [1.807, 2.05) is 0 Å². The van der Waals surface area contributed by atoms with E-state index in [2.05, 4.69) is 10.3 Å². The second kappa shape index (κ2) is 8.29. The number of fused-ring (bicyclic) bond motifs is 1. The number of thiazole rings is 1. The molecule has 7 nitrogen and oxygen atoms in total. The number of piperidine rings is 1. The summed E-state index contributed by atoms with van der Waals surface area (Å²) in [4.78, 5) is 17.0. The number of nitrogens with zero attached hydrogens (tertiary/aromatic N) is 2. The summed E-state index contributed by atoms with van der Waals surface area (Å²) in [6.45, 7) is 0.502. The van der Waals surface area contributed by atoms with Gasteiger partial charge in [-0.1, -0.05) is 17.4 Å². The molecule has 1 aliphatic rings. The molecule has 0 atom stereocenters. The molecule has 1 saturated heterocycles. The van der Waals surface area contributed by atoms with Crippen LogP contribution in [-0.2, 0) is 14.8 Å². The predicted octanol–water partition coefficient (Wildman–Crippen LogP) is 3.48. The normalized spacial score (nSPS) is 15.9. The second-order valence-electron chi connectivity index (χ2n) is 6.95. The van der Waals surface area contributed by atoms with Gasteiger partial charge in [-0.3, -0.25) is 4.79 Å². The molecule has 0 radical (unpaired) electrons. The van der Waals surface area contributed by atoms with Crippen LogP contribution in [0.5, 0.6) is 5.75 Å². The Morgan fingerprint density at radius 1 is 1.20 bits per heavy atom. The molecule has 1 aliphatic heterocycles. The number of aromatic nitrogens is 1. The Bertz CT molecular complexity index is 1170. The number of amides is 1. The number of ether oxygens (including phenoxy) is 1. The zero-order chi connectivity index (χ0) is 21.3. The smallest absolute Gasteiger partial charge is 0.243 e. The Hall–Kier alpha value is -2.56. The molecule has 10 heteroatoms. The molecular weight excluding hydrogens is 429 g/mol. The van der Waals surface area contributed by atoms with Crippen LogP contribution < -0.4 is 10.1 Å². The molecule has 2 aromatic carbocycles. The first-order valence-corrected chi connectivity index (χ1v) is 11.6. The molecule has 0 saturated carbocycles. The molecule has 4 rings (SSSR count). The van der Waals surface area contributed by atoms with E-state index in [0.717, 1.165) is 0 Å². The Balaban J connectivity index is 1.39. The SMILES string of the molecule is COc1ccc(S(=O)(=O)N2CCC(C(=O)Nc3nc4c(F)cccc4s3)CC2)cc1. The lowest BCUT2D eigenvalue weighted by atomic mass is 9.97. The molecule has 1 aromatic heterocycles. The minimum atomic E-state index is -3.62. The summed E-state index contributed by atoms with van der Waals surface area (Å²) in [5.41, 5.74) is 0.234.